The monoisotopic (exact) mass is 444 g/mol. The summed E-state index contributed by atoms with van der Waals surface area (Å²) < 4.78 is 4.98. The number of amides is 1. The van der Waals surface area contributed by atoms with E-state index in [1.165, 1.54) is 16.3 Å². The second-order valence-electron chi connectivity index (χ2n) is 7.45. The molecule has 4 aromatic rings. The van der Waals surface area contributed by atoms with Crippen LogP contribution in [0.25, 0.3) is 10.8 Å². The molecule has 0 radical (unpaired) electrons. The summed E-state index contributed by atoms with van der Waals surface area (Å²) in [5.41, 5.74) is 3.22. The largest absolute Gasteiger partial charge is 0.462 e. The molecule has 0 aliphatic heterocycles. The molecule has 0 fully saturated rings. The molecule has 5 nitrogen and oxygen atoms in total. The molecule has 0 unspecified atom stereocenters. The second-order valence-corrected chi connectivity index (χ2v) is 8.62. The number of hydrogen-bond acceptors (Lipinski definition) is 5. The van der Waals surface area contributed by atoms with E-state index in [0.29, 0.717) is 17.9 Å². The van der Waals surface area contributed by atoms with Crippen molar-refractivity contribution in [3.63, 3.8) is 0 Å². The molecule has 1 N–H and O–H groups in total. The summed E-state index contributed by atoms with van der Waals surface area (Å²) >= 11 is 1.58. The fourth-order valence-corrected chi connectivity index (χ4v) is 4.68. The van der Waals surface area contributed by atoms with Crippen molar-refractivity contribution in [3.8, 4) is 0 Å². The van der Waals surface area contributed by atoms with E-state index in [9.17, 15) is 9.59 Å². The molecule has 0 saturated heterocycles. The van der Waals surface area contributed by atoms with E-state index < -0.39 is 0 Å². The second kappa shape index (κ2) is 9.75. The molecule has 1 aromatic heterocycles. The Morgan fingerprint density at radius 3 is 2.53 bits per heavy atom. The van der Waals surface area contributed by atoms with Crippen molar-refractivity contribution in [1.82, 2.24) is 4.98 Å². The van der Waals surface area contributed by atoms with Gasteiger partial charge in [-0.05, 0) is 54.4 Å². The summed E-state index contributed by atoms with van der Waals surface area (Å²) in [7, 11) is 0. The Bertz CT molecular complexity index is 1260. The van der Waals surface area contributed by atoms with Gasteiger partial charge >= 0.3 is 5.97 Å². The Kier molecular flexibility index (Phi) is 6.61. The number of aromatic nitrogens is 1. The highest BCUT2D eigenvalue weighted by molar-refractivity contribution is 7.11. The first-order chi connectivity index (χ1) is 15.5. The van der Waals surface area contributed by atoms with Crippen LogP contribution in [0.5, 0.6) is 0 Å². The molecule has 0 aliphatic carbocycles. The number of nitrogens with zero attached hydrogens (tertiary/aromatic N) is 1. The summed E-state index contributed by atoms with van der Waals surface area (Å²) in [4.78, 5) is 30.0. The number of fused-ring (bicyclic) bond motifs is 1. The van der Waals surface area contributed by atoms with Crippen LogP contribution in [0, 0.1) is 6.92 Å². The summed E-state index contributed by atoms with van der Waals surface area (Å²) in [6.45, 7) is 4.04. The minimum Gasteiger partial charge on any atom is -0.462 e. The van der Waals surface area contributed by atoms with Gasteiger partial charge in [0.2, 0.25) is 5.91 Å². The molecule has 6 heteroatoms. The highest BCUT2D eigenvalue weighted by Gasteiger charge is 2.14. The zero-order valence-corrected chi connectivity index (χ0v) is 18.9. The normalized spacial score (nSPS) is 10.8. The van der Waals surface area contributed by atoms with Gasteiger partial charge in [-0.2, -0.15) is 0 Å². The third kappa shape index (κ3) is 5.03. The Balaban J connectivity index is 1.42. The predicted molar refractivity (Wildman–Crippen MR) is 128 cm³/mol. The molecule has 0 bridgehead atoms. The zero-order valence-electron chi connectivity index (χ0n) is 18.1. The lowest BCUT2D eigenvalue weighted by Gasteiger charge is -2.06. The van der Waals surface area contributed by atoms with Crippen LogP contribution < -0.4 is 5.32 Å². The first-order valence-corrected chi connectivity index (χ1v) is 11.3. The van der Waals surface area contributed by atoms with E-state index in [1.54, 1.807) is 42.5 Å². The van der Waals surface area contributed by atoms with Gasteiger partial charge in [-0.25, -0.2) is 9.78 Å². The minimum atomic E-state index is -0.371. The van der Waals surface area contributed by atoms with Crippen LogP contribution in [0.15, 0.2) is 66.7 Å². The van der Waals surface area contributed by atoms with Gasteiger partial charge in [0, 0.05) is 17.0 Å². The number of carbonyl (C=O) groups excluding carboxylic acids is 2. The summed E-state index contributed by atoms with van der Waals surface area (Å²) in [5.74, 6) is -0.485. The fraction of sp³-hybridized carbons (Fsp3) is 0.192. The van der Waals surface area contributed by atoms with Gasteiger partial charge in [-0.3, -0.25) is 4.79 Å². The van der Waals surface area contributed by atoms with Crippen molar-refractivity contribution < 1.29 is 14.3 Å². The van der Waals surface area contributed by atoms with Gasteiger partial charge in [-0.1, -0.05) is 42.5 Å². The summed E-state index contributed by atoms with van der Waals surface area (Å²) in [6.07, 6.45) is 1.00. The highest BCUT2D eigenvalue weighted by Crippen LogP contribution is 2.26. The number of thiazole rings is 1. The molecule has 32 heavy (non-hydrogen) atoms. The van der Waals surface area contributed by atoms with Crippen LogP contribution >= 0.6 is 11.3 Å². The molecule has 0 atom stereocenters. The van der Waals surface area contributed by atoms with E-state index in [1.807, 2.05) is 19.1 Å². The lowest BCUT2D eigenvalue weighted by atomic mass is 10.0. The van der Waals surface area contributed by atoms with E-state index in [4.69, 9.17) is 9.72 Å². The molecule has 1 heterocycles. The molecule has 0 saturated carbocycles. The molecule has 1 amide bonds. The van der Waals surface area contributed by atoms with Crippen molar-refractivity contribution >= 4 is 39.7 Å². The quantitative estimate of drug-likeness (QED) is 0.379. The molecule has 162 valence electrons. The average molecular weight is 445 g/mol. The van der Waals surface area contributed by atoms with Crippen LogP contribution in [-0.4, -0.2) is 23.5 Å². The topological polar surface area (TPSA) is 68.3 Å². The van der Waals surface area contributed by atoms with Gasteiger partial charge in [0.05, 0.1) is 29.3 Å². The molecular weight excluding hydrogens is 420 g/mol. The summed E-state index contributed by atoms with van der Waals surface area (Å²) in [5, 5.41) is 6.33. The maximum Gasteiger partial charge on any atom is 0.338 e. The third-order valence-electron chi connectivity index (χ3n) is 5.16. The SMILES string of the molecule is CCOC(=O)c1ccc(NC(=O)Cc2sc(Cc3cccc4ccccc34)nc2C)cc1. The minimum absolute atomic E-state index is 0.114. The van der Waals surface area contributed by atoms with E-state index in [2.05, 4.69) is 35.6 Å². The Morgan fingerprint density at radius 2 is 1.75 bits per heavy atom. The first kappa shape index (κ1) is 21.7. The highest BCUT2D eigenvalue weighted by atomic mass is 32.1. The van der Waals surface area contributed by atoms with Gasteiger partial charge in [0.15, 0.2) is 0 Å². The van der Waals surface area contributed by atoms with Gasteiger partial charge in [-0.15, -0.1) is 11.3 Å². The van der Waals surface area contributed by atoms with Crippen LogP contribution in [0.3, 0.4) is 0 Å². The Hall–Kier alpha value is -3.51. The van der Waals surface area contributed by atoms with Crippen LogP contribution in [0.1, 0.15) is 38.4 Å². The van der Waals surface area contributed by atoms with Crippen molar-refractivity contribution in [1.29, 1.82) is 0 Å². The molecular formula is C26H24N2O3S. The number of ether oxygens (including phenoxy) is 1. The van der Waals surface area contributed by atoms with E-state index in [-0.39, 0.29) is 18.3 Å². The number of aryl methyl sites for hydroxylation is 1. The molecule has 0 aliphatic rings. The first-order valence-electron chi connectivity index (χ1n) is 10.5. The fourth-order valence-electron chi connectivity index (χ4n) is 3.59. The van der Waals surface area contributed by atoms with Crippen LogP contribution in [0.4, 0.5) is 5.69 Å². The van der Waals surface area contributed by atoms with Crippen molar-refractivity contribution in [2.24, 2.45) is 0 Å². The number of rotatable bonds is 7. The predicted octanol–water partition coefficient (Wildman–Crippen LogP) is 5.55. The van der Waals surface area contributed by atoms with Gasteiger partial charge < -0.3 is 10.1 Å². The van der Waals surface area contributed by atoms with Gasteiger partial charge in [0.25, 0.3) is 0 Å². The number of anilines is 1. The zero-order chi connectivity index (χ0) is 22.5. The molecule has 3 aromatic carbocycles. The van der Waals surface area contributed by atoms with E-state index >= 15 is 0 Å². The average Bonchev–Trinajstić information content (AvgIpc) is 3.13. The Labute approximate surface area is 191 Å². The van der Waals surface area contributed by atoms with Crippen molar-refractivity contribution in [2.45, 2.75) is 26.7 Å². The van der Waals surface area contributed by atoms with Crippen molar-refractivity contribution in [3.05, 3.63) is 93.4 Å². The lowest BCUT2D eigenvalue weighted by Crippen LogP contribution is -2.14. The Morgan fingerprint density at radius 1 is 1.00 bits per heavy atom. The molecule has 4 rings (SSSR count). The number of carbonyl (C=O) groups is 2. The maximum atomic E-state index is 12.6. The number of benzene rings is 3. The number of hydrogen-bond donors (Lipinski definition) is 1. The van der Waals surface area contributed by atoms with Gasteiger partial charge in [0.1, 0.15) is 0 Å². The third-order valence-corrected chi connectivity index (χ3v) is 6.32. The smallest absolute Gasteiger partial charge is 0.338 e. The lowest BCUT2D eigenvalue weighted by molar-refractivity contribution is -0.115. The number of esters is 1. The van der Waals surface area contributed by atoms with Crippen LogP contribution in [-0.2, 0) is 22.4 Å². The summed E-state index contributed by atoms with van der Waals surface area (Å²) in [6, 6.07) is 21.3. The molecule has 0 spiro atoms. The van der Waals surface area contributed by atoms with Crippen molar-refractivity contribution in [2.75, 3.05) is 11.9 Å². The maximum absolute atomic E-state index is 12.6. The van der Waals surface area contributed by atoms with Crippen LogP contribution in [0.2, 0.25) is 0 Å². The number of nitrogens with one attached hydrogen (secondary N) is 1. The standard InChI is InChI=1S/C26H24N2O3S/c1-3-31-26(30)19-11-13-21(14-12-19)28-24(29)16-23-17(2)27-25(32-23)15-20-9-6-8-18-7-4-5-10-22(18)20/h4-14H,3,15-16H2,1-2H3,(H,28,29). The van der Waals surface area contributed by atoms with E-state index in [0.717, 1.165) is 22.0 Å².